The molecule has 0 fully saturated rings. The molecule has 1 heterocycles. The van der Waals surface area contributed by atoms with Crippen molar-refractivity contribution in [3.05, 3.63) is 51.7 Å². The summed E-state index contributed by atoms with van der Waals surface area (Å²) >= 11 is 1.83. The van der Waals surface area contributed by atoms with Crippen LogP contribution in [0.5, 0.6) is 5.75 Å². The second kappa shape index (κ2) is 13.4. The van der Waals surface area contributed by atoms with Crippen molar-refractivity contribution >= 4 is 47.2 Å². The Balaban J connectivity index is 0.00000420. The van der Waals surface area contributed by atoms with Gasteiger partial charge in [-0.15, -0.1) is 35.3 Å². The Morgan fingerprint density at radius 3 is 2.48 bits per heavy atom. The number of ether oxygens (including phenoxy) is 1. The van der Waals surface area contributed by atoms with Crippen molar-refractivity contribution < 1.29 is 9.53 Å². The third kappa shape index (κ3) is 9.03. The van der Waals surface area contributed by atoms with Gasteiger partial charge in [-0.3, -0.25) is 9.79 Å². The normalized spacial score (nSPS) is 11.9. The number of thiophene rings is 1. The van der Waals surface area contributed by atoms with Crippen LogP contribution in [0.15, 0.2) is 41.4 Å². The van der Waals surface area contributed by atoms with Crippen molar-refractivity contribution in [1.82, 2.24) is 16.0 Å². The van der Waals surface area contributed by atoms with Gasteiger partial charge in [0.15, 0.2) is 5.96 Å². The third-order valence-electron chi connectivity index (χ3n) is 4.05. The summed E-state index contributed by atoms with van der Waals surface area (Å²) in [7, 11) is 1.60. The molecule has 0 aliphatic heterocycles. The standard InChI is InChI=1S/C21H30N4O2S.HI/c1-5-22-21(25-15(2)14-19-11-6-16(3)28-19)24-13-12-23-20(26)17-7-9-18(27-4)10-8-17;/h6-11,15H,5,12-14H2,1-4H3,(H,23,26)(H2,22,24,25);1H. The van der Waals surface area contributed by atoms with Crippen molar-refractivity contribution in [2.75, 3.05) is 26.7 Å². The van der Waals surface area contributed by atoms with Crippen LogP contribution < -0.4 is 20.7 Å². The number of nitrogens with one attached hydrogen (secondary N) is 3. The van der Waals surface area contributed by atoms with Gasteiger partial charge in [0.2, 0.25) is 0 Å². The third-order valence-corrected chi connectivity index (χ3v) is 5.07. The Hall–Kier alpha value is -1.81. The van der Waals surface area contributed by atoms with Gasteiger partial charge in [0.25, 0.3) is 5.91 Å². The van der Waals surface area contributed by atoms with Gasteiger partial charge in [0.1, 0.15) is 5.75 Å². The number of methoxy groups -OCH3 is 1. The van der Waals surface area contributed by atoms with Crippen LogP contribution in [0.25, 0.3) is 0 Å². The lowest BCUT2D eigenvalue weighted by Gasteiger charge is -2.17. The molecule has 0 spiro atoms. The van der Waals surface area contributed by atoms with E-state index in [2.05, 4.69) is 46.9 Å². The monoisotopic (exact) mass is 530 g/mol. The van der Waals surface area contributed by atoms with Gasteiger partial charge in [0.05, 0.1) is 13.7 Å². The molecule has 2 aromatic rings. The van der Waals surface area contributed by atoms with Gasteiger partial charge >= 0.3 is 0 Å². The molecule has 3 N–H and O–H groups in total. The van der Waals surface area contributed by atoms with Gasteiger partial charge in [-0.05, 0) is 57.2 Å². The van der Waals surface area contributed by atoms with Crippen molar-refractivity contribution in [1.29, 1.82) is 0 Å². The fourth-order valence-electron chi connectivity index (χ4n) is 2.68. The van der Waals surface area contributed by atoms with E-state index in [1.807, 2.05) is 18.3 Å². The Labute approximate surface area is 194 Å². The highest BCUT2D eigenvalue weighted by molar-refractivity contribution is 14.0. The number of nitrogens with zero attached hydrogens (tertiary/aromatic N) is 1. The van der Waals surface area contributed by atoms with Crippen molar-refractivity contribution in [3.63, 3.8) is 0 Å². The van der Waals surface area contributed by atoms with E-state index in [-0.39, 0.29) is 35.9 Å². The summed E-state index contributed by atoms with van der Waals surface area (Å²) in [5, 5.41) is 9.57. The van der Waals surface area contributed by atoms with Gasteiger partial charge < -0.3 is 20.7 Å². The summed E-state index contributed by atoms with van der Waals surface area (Å²) in [6.45, 7) is 8.07. The highest BCUT2D eigenvalue weighted by atomic mass is 127. The van der Waals surface area contributed by atoms with Crippen molar-refractivity contribution in [2.24, 2.45) is 4.99 Å². The summed E-state index contributed by atoms with van der Waals surface area (Å²) in [6.07, 6.45) is 0.955. The SMILES string of the molecule is CCNC(=NCCNC(=O)c1ccc(OC)cc1)NC(C)Cc1ccc(C)s1.I. The average molecular weight is 530 g/mol. The first-order chi connectivity index (χ1) is 13.5. The minimum atomic E-state index is -0.114. The molecule has 1 atom stereocenters. The molecule has 0 saturated carbocycles. The van der Waals surface area contributed by atoms with E-state index in [1.165, 1.54) is 9.75 Å². The van der Waals surface area contributed by atoms with Gasteiger partial charge in [-0.1, -0.05) is 0 Å². The van der Waals surface area contributed by atoms with E-state index in [0.29, 0.717) is 18.7 Å². The Bertz CT molecular complexity index is 777. The topological polar surface area (TPSA) is 74.8 Å². The lowest BCUT2D eigenvalue weighted by molar-refractivity contribution is 0.0954. The first kappa shape index (κ1) is 25.2. The molecule has 8 heteroatoms. The van der Waals surface area contributed by atoms with Crippen LogP contribution in [0.2, 0.25) is 0 Å². The summed E-state index contributed by atoms with van der Waals surface area (Å²) < 4.78 is 5.10. The zero-order chi connectivity index (χ0) is 20.4. The number of amides is 1. The van der Waals surface area contributed by atoms with E-state index in [9.17, 15) is 4.79 Å². The Morgan fingerprint density at radius 2 is 1.90 bits per heavy atom. The van der Waals surface area contributed by atoms with E-state index >= 15 is 0 Å². The number of guanidine groups is 1. The zero-order valence-electron chi connectivity index (χ0n) is 17.5. The number of carbonyl (C=O) groups is 1. The van der Waals surface area contributed by atoms with Crippen LogP contribution in [0.1, 0.15) is 34.0 Å². The molecule has 2 rings (SSSR count). The molecular formula is C21H31IN4O2S. The number of halogens is 1. The number of benzene rings is 1. The number of aryl methyl sites for hydroxylation is 1. The highest BCUT2D eigenvalue weighted by Gasteiger charge is 2.08. The molecule has 0 saturated heterocycles. The minimum absolute atomic E-state index is 0. The van der Waals surface area contributed by atoms with Crippen molar-refractivity contribution in [2.45, 2.75) is 33.2 Å². The first-order valence-corrected chi connectivity index (χ1v) is 10.4. The van der Waals surface area contributed by atoms with Crippen LogP contribution in [0.3, 0.4) is 0 Å². The number of rotatable bonds is 9. The second-order valence-electron chi connectivity index (χ2n) is 6.51. The highest BCUT2D eigenvalue weighted by Crippen LogP contribution is 2.16. The van der Waals surface area contributed by atoms with Crippen LogP contribution in [-0.2, 0) is 6.42 Å². The molecule has 1 amide bonds. The molecular weight excluding hydrogens is 499 g/mol. The van der Waals surface area contributed by atoms with Crippen LogP contribution in [-0.4, -0.2) is 44.7 Å². The maximum absolute atomic E-state index is 12.2. The summed E-state index contributed by atoms with van der Waals surface area (Å²) in [4.78, 5) is 19.4. The van der Waals surface area contributed by atoms with Gasteiger partial charge in [0, 0.05) is 40.9 Å². The zero-order valence-corrected chi connectivity index (χ0v) is 20.6. The van der Waals surface area contributed by atoms with E-state index in [4.69, 9.17) is 4.74 Å². The Kier molecular flexibility index (Phi) is 11.7. The predicted octanol–water partition coefficient (Wildman–Crippen LogP) is 3.60. The average Bonchev–Trinajstić information content (AvgIpc) is 3.09. The predicted molar refractivity (Wildman–Crippen MR) is 132 cm³/mol. The number of carbonyl (C=O) groups excluding carboxylic acids is 1. The summed E-state index contributed by atoms with van der Waals surface area (Å²) in [5.74, 6) is 1.38. The number of hydrogen-bond acceptors (Lipinski definition) is 4. The molecule has 0 bridgehead atoms. The van der Waals surface area contributed by atoms with Crippen LogP contribution in [0, 0.1) is 6.92 Å². The molecule has 1 aromatic heterocycles. The fourth-order valence-corrected chi connectivity index (χ4v) is 3.70. The van der Waals surface area contributed by atoms with Crippen molar-refractivity contribution in [3.8, 4) is 5.75 Å². The maximum atomic E-state index is 12.2. The minimum Gasteiger partial charge on any atom is -0.497 e. The molecule has 0 radical (unpaired) electrons. The smallest absolute Gasteiger partial charge is 0.251 e. The second-order valence-corrected chi connectivity index (χ2v) is 7.88. The quantitative estimate of drug-likeness (QED) is 0.201. The van der Waals surface area contributed by atoms with E-state index < -0.39 is 0 Å². The summed E-state index contributed by atoms with van der Waals surface area (Å²) in [5.41, 5.74) is 0.606. The molecule has 1 unspecified atom stereocenters. The first-order valence-electron chi connectivity index (χ1n) is 9.54. The number of hydrogen-bond donors (Lipinski definition) is 3. The fraction of sp³-hybridized carbons (Fsp3) is 0.429. The molecule has 1 aromatic carbocycles. The van der Waals surface area contributed by atoms with E-state index in [1.54, 1.807) is 31.4 Å². The lowest BCUT2D eigenvalue weighted by atomic mass is 10.2. The van der Waals surface area contributed by atoms with Crippen LogP contribution >= 0.6 is 35.3 Å². The number of aliphatic imine (C=N–C) groups is 1. The lowest BCUT2D eigenvalue weighted by Crippen LogP contribution is -2.43. The molecule has 29 heavy (non-hydrogen) atoms. The molecule has 6 nitrogen and oxygen atoms in total. The van der Waals surface area contributed by atoms with E-state index in [0.717, 1.165) is 24.7 Å². The summed E-state index contributed by atoms with van der Waals surface area (Å²) in [6, 6.07) is 11.6. The largest absolute Gasteiger partial charge is 0.497 e. The maximum Gasteiger partial charge on any atom is 0.251 e. The van der Waals surface area contributed by atoms with Crippen LogP contribution in [0.4, 0.5) is 0 Å². The molecule has 0 aliphatic carbocycles. The molecule has 160 valence electrons. The van der Waals surface area contributed by atoms with Gasteiger partial charge in [-0.2, -0.15) is 0 Å². The Morgan fingerprint density at radius 1 is 1.17 bits per heavy atom. The van der Waals surface area contributed by atoms with Gasteiger partial charge in [-0.25, -0.2) is 0 Å². The molecule has 0 aliphatic rings.